The van der Waals surface area contributed by atoms with E-state index in [-0.39, 0.29) is 5.82 Å². The van der Waals surface area contributed by atoms with Crippen LogP contribution in [0.3, 0.4) is 0 Å². The van der Waals surface area contributed by atoms with E-state index in [2.05, 4.69) is 15.0 Å². The molecule has 0 fully saturated rings. The summed E-state index contributed by atoms with van der Waals surface area (Å²) >= 11 is 0. The van der Waals surface area contributed by atoms with Gasteiger partial charge in [0.05, 0.1) is 24.6 Å². The van der Waals surface area contributed by atoms with Crippen molar-refractivity contribution < 1.29 is 9.34 Å². The van der Waals surface area contributed by atoms with Gasteiger partial charge in [0, 0.05) is 6.20 Å². The molecule has 0 bridgehead atoms. The Morgan fingerprint density at radius 1 is 1.33 bits per heavy atom. The number of furan rings is 1. The molecule has 106 valence electrons. The monoisotopic (exact) mass is 285 g/mol. The number of nitro groups is 1. The first-order valence-corrected chi connectivity index (χ1v) is 6.12. The average Bonchev–Trinajstić information content (AvgIpc) is 3.08. The van der Waals surface area contributed by atoms with Gasteiger partial charge in [-0.05, 0) is 24.0 Å². The minimum atomic E-state index is -0.482. The molecule has 0 unspecified atom stereocenters. The molecule has 21 heavy (non-hydrogen) atoms. The van der Waals surface area contributed by atoms with Crippen LogP contribution in [0.4, 0.5) is 5.82 Å². The van der Waals surface area contributed by atoms with Crippen molar-refractivity contribution in [1.82, 2.24) is 19.5 Å². The maximum Gasteiger partial charge on any atom is 0.342 e. The Morgan fingerprint density at radius 2 is 2.14 bits per heavy atom. The molecule has 0 radical (unpaired) electrons. The number of rotatable bonds is 3. The van der Waals surface area contributed by atoms with Crippen molar-refractivity contribution >= 4 is 5.82 Å². The van der Waals surface area contributed by atoms with Gasteiger partial charge in [-0.1, -0.05) is 0 Å². The molecule has 0 N–H and O–H groups in total. The Kier molecular flexibility index (Phi) is 2.98. The first-order chi connectivity index (χ1) is 10.1. The SMILES string of the molecule is Cc1nc(-c2ccco2)ncc1-c1ncc([N+](=O)[O-])n1C. The predicted molar refractivity (Wildman–Crippen MR) is 73.3 cm³/mol. The van der Waals surface area contributed by atoms with Gasteiger partial charge < -0.3 is 14.5 Å². The molecule has 8 nitrogen and oxygen atoms in total. The van der Waals surface area contributed by atoms with Crippen molar-refractivity contribution in [2.45, 2.75) is 6.92 Å². The first-order valence-electron chi connectivity index (χ1n) is 6.12. The van der Waals surface area contributed by atoms with Crippen LogP contribution in [0.15, 0.2) is 35.2 Å². The molecular formula is C13H11N5O3. The van der Waals surface area contributed by atoms with Gasteiger partial charge in [-0.25, -0.2) is 19.5 Å². The highest BCUT2D eigenvalue weighted by Gasteiger charge is 2.20. The Hall–Kier alpha value is -3.03. The zero-order chi connectivity index (χ0) is 15.0. The van der Waals surface area contributed by atoms with Crippen LogP contribution in [-0.2, 0) is 7.05 Å². The van der Waals surface area contributed by atoms with Gasteiger partial charge in [-0.15, -0.1) is 0 Å². The van der Waals surface area contributed by atoms with E-state index < -0.39 is 4.92 Å². The fourth-order valence-electron chi connectivity index (χ4n) is 2.03. The number of aryl methyl sites for hydroxylation is 1. The van der Waals surface area contributed by atoms with Crippen LogP contribution in [0.2, 0.25) is 0 Å². The number of nitrogens with zero attached hydrogens (tertiary/aromatic N) is 5. The van der Waals surface area contributed by atoms with Crippen molar-refractivity contribution in [3.63, 3.8) is 0 Å². The minimum absolute atomic E-state index is 0.0838. The fourth-order valence-corrected chi connectivity index (χ4v) is 2.03. The summed E-state index contributed by atoms with van der Waals surface area (Å²) in [6.45, 7) is 1.80. The van der Waals surface area contributed by atoms with Gasteiger partial charge in [-0.2, -0.15) is 0 Å². The summed E-state index contributed by atoms with van der Waals surface area (Å²) in [7, 11) is 1.58. The molecule has 3 rings (SSSR count). The molecule has 0 saturated carbocycles. The third-order valence-electron chi connectivity index (χ3n) is 3.11. The molecule has 3 heterocycles. The zero-order valence-electron chi connectivity index (χ0n) is 11.3. The number of hydrogen-bond acceptors (Lipinski definition) is 6. The summed E-state index contributed by atoms with van der Waals surface area (Å²) in [5.74, 6) is 1.39. The van der Waals surface area contributed by atoms with E-state index in [1.165, 1.54) is 10.8 Å². The topological polar surface area (TPSA) is 99.9 Å². The van der Waals surface area contributed by atoms with Gasteiger partial charge in [0.1, 0.15) is 6.20 Å². The highest BCUT2D eigenvalue weighted by Crippen LogP contribution is 2.25. The van der Waals surface area contributed by atoms with Crippen molar-refractivity contribution in [2.75, 3.05) is 0 Å². The highest BCUT2D eigenvalue weighted by atomic mass is 16.6. The van der Waals surface area contributed by atoms with E-state index in [0.29, 0.717) is 28.7 Å². The second-order valence-corrected chi connectivity index (χ2v) is 4.43. The summed E-state index contributed by atoms with van der Waals surface area (Å²) in [5, 5.41) is 10.9. The lowest BCUT2D eigenvalue weighted by Gasteiger charge is -2.03. The molecule has 8 heteroatoms. The molecule has 0 saturated heterocycles. The maximum atomic E-state index is 10.9. The molecular weight excluding hydrogens is 274 g/mol. The molecule has 3 aromatic heterocycles. The summed E-state index contributed by atoms with van der Waals surface area (Å²) in [6, 6.07) is 3.52. The third-order valence-corrected chi connectivity index (χ3v) is 3.11. The normalized spacial score (nSPS) is 10.8. The third kappa shape index (κ3) is 2.16. The van der Waals surface area contributed by atoms with Crippen LogP contribution in [0, 0.1) is 17.0 Å². The van der Waals surface area contributed by atoms with Gasteiger partial charge in [-0.3, -0.25) is 0 Å². The van der Waals surface area contributed by atoms with Crippen LogP contribution >= 0.6 is 0 Å². The number of aromatic nitrogens is 4. The molecule has 0 spiro atoms. The van der Waals surface area contributed by atoms with Crippen LogP contribution in [0.25, 0.3) is 23.0 Å². The van der Waals surface area contributed by atoms with Crippen molar-refractivity contribution in [3.8, 4) is 23.0 Å². The number of hydrogen-bond donors (Lipinski definition) is 0. The van der Waals surface area contributed by atoms with E-state index in [4.69, 9.17) is 4.42 Å². The summed E-state index contributed by atoms with van der Waals surface area (Å²) in [6.07, 6.45) is 4.35. The van der Waals surface area contributed by atoms with E-state index in [1.54, 1.807) is 38.6 Å². The Bertz CT molecular complexity index is 807. The summed E-state index contributed by atoms with van der Waals surface area (Å²) < 4.78 is 6.65. The molecule has 0 atom stereocenters. The second kappa shape index (κ2) is 4.82. The van der Waals surface area contributed by atoms with Crippen molar-refractivity contribution in [1.29, 1.82) is 0 Å². The van der Waals surface area contributed by atoms with Crippen LogP contribution < -0.4 is 0 Å². The molecule has 0 aromatic carbocycles. The second-order valence-electron chi connectivity index (χ2n) is 4.43. The lowest BCUT2D eigenvalue weighted by Crippen LogP contribution is -2.01. The molecule has 3 aromatic rings. The number of imidazole rings is 1. The van der Waals surface area contributed by atoms with Gasteiger partial charge in [0.15, 0.2) is 11.6 Å². The largest absolute Gasteiger partial charge is 0.461 e. The highest BCUT2D eigenvalue weighted by molar-refractivity contribution is 5.61. The predicted octanol–water partition coefficient (Wildman–Crippen LogP) is 2.35. The van der Waals surface area contributed by atoms with Crippen molar-refractivity contribution in [3.05, 3.63) is 46.6 Å². The summed E-state index contributed by atoms with van der Waals surface area (Å²) in [4.78, 5) is 23.0. The quantitative estimate of drug-likeness (QED) is 0.541. The molecule has 0 aliphatic heterocycles. The molecule has 0 aliphatic rings. The van der Waals surface area contributed by atoms with E-state index in [1.807, 2.05) is 0 Å². The molecule has 0 amide bonds. The Morgan fingerprint density at radius 3 is 2.71 bits per heavy atom. The van der Waals surface area contributed by atoms with Crippen LogP contribution in [-0.4, -0.2) is 24.4 Å². The lowest BCUT2D eigenvalue weighted by atomic mass is 10.2. The lowest BCUT2D eigenvalue weighted by molar-refractivity contribution is -0.391. The van der Waals surface area contributed by atoms with Gasteiger partial charge in [0.25, 0.3) is 0 Å². The van der Waals surface area contributed by atoms with Crippen LogP contribution in [0.5, 0.6) is 0 Å². The first kappa shape index (κ1) is 13.0. The standard InChI is InChI=1S/C13H11N5O3/c1-8-9(13-15-7-11(17(13)2)18(19)20)6-14-12(16-8)10-4-3-5-21-10/h3-7H,1-2H3. The van der Waals surface area contributed by atoms with E-state index in [9.17, 15) is 10.1 Å². The Balaban J connectivity index is 2.06. The molecule has 0 aliphatic carbocycles. The maximum absolute atomic E-state index is 10.9. The van der Waals surface area contributed by atoms with E-state index >= 15 is 0 Å². The summed E-state index contributed by atoms with van der Waals surface area (Å²) in [5.41, 5.74) is 1.31. The smallest absolute Gasteiger partial charge is 0.342 e. The fraction of sp³-hybridized carbons (Fsp3) is 0.154. The van der Waals surface area contributed by atoms with Gasteiger partial charge in [0.2, 0.25) is 5.82 Å². The Labute approximate surface area is 119 Å². The van der Waals surface area contributed by atoms with Crippen LogP contribution in [0.1, 0.15) is 5.69 Å². The van der Waals surface area contributed by atoms with Gasteiger partial charge >= 0.3 is 5.82 Å². The van der Waals surface area contributed by atoms with E-state index in [0.717, 1.165) is 0 Å². The minimum Gasteiger partial charge on any atom is -0.461 e. The van der Waals surface area contributed by atoms with Crippen molar-refractivity contribution in [2.24, 2.45) is 7.05 Å². The average molecular weight is 285 g/mol. The zero-order valence-corrected chi connectivity index (χ0v) is 11.3.